The van der Waals surface area contributed by atoms with Gasteiger partial charge in [-0.05, 0) is 231 Å². The number of rotatable bonds is 14. The van der Waals surface area contributed by atoms with Crippen LogP contribution in [0.2, 0.25) is 0 Å². The summed E-state index contributed by atoms with van der Waals surface area (Å²) in [6.07, 6.45) is 21.1. The summed E-state index contributed by atoms with van der Waals surface area (Å²) in [6, 6.07) is 30.8. The molecule has 5 aromatic carbocycles. The summed E-state index contributed by atoms with van der Waals surface area (Å²) in [5.41, 5.74) is 9.96. The van der Waals surface area contributed by atoms with Crippen LogP contribution in [0.5, 0.6) is 40.2 Å². The molecule has 5 aromatic rings. The number of methoxy groups -OCH3 is 2. The Balaban J connectivity index is 0.000000299. The fourth-order valence-corrected chi connectivity index (χ4v) is 11.9. The molecule has 4 fully saturated rings. The van der Waals surface area contributed by atoms with Gasteiger partial charge in [0.2, 0.25) is 5.76 Å². The summed E-state index contributed by atoms with van der Waals surface area (Å²) >= 11 is 0. The topological polar surface area (TPSA) is 328 Å². The first-order chi connectivity index (χ1) is 47.0. The van der Waals surface area contributed by atoms with Gasteiger partial charge in [0.15, 0.2) is 52.1 Å². The number of carbonyl (C=O) groups excluding carboxylic acids is 2. The number of allylic oxidation sites excluding steroid dienone is 6. The van der Waals surface area contributed by atoms with Crippen LogP contribution in [0.3, 0.4) is 0 Å². The van der Waals surface area contributed by atoms with Gasteiger partial charge in [-0.2, -0.15) is 0 Å². The van der Waals surface area contributed by atoms with E-state index >= 15 is 0 Å². The third-order valence-corrected chi connectivity index (χ3v) is 17.6. The van der Waals surface area contributed by atoms with E-state index in [1.807, 2.05) is 26.0 Å². The molecule has 3 aliphatic heterocycles. The number of aryl methyl sites for hydroxylation is 1. The predicted octanol–water partition coefficient (Wildman–Crippen LogP) is 16.3. The minimum atomic E-state index is -1.42. The summed E-state index contributed by atoms with van der Waals surface area (Å²) < 4.78 is 20.1. The molecule has 2 saturated carbocycles. The Morgan fingerprint density at radius 3 is 1.76 bits per heavy atom. The molecule has 100 heavy (non-hydrogen) atoms. The van der Waals surface area contributed by atoms with Crippen LogP contribution < -0.4 is 9.47 Å². The number of carboxylic acids is 2. The van der Waals surface area contributed by atoms with Gasteiger partial charge in [-0.1, -0.05) is 122 Å². The van der Waals surface area contributed by atoms with Crippen LogP contribution in [0.1, 0.15) is 160 Å². The molecule has 2 bridgehead atoms. The molecule has 11 N–H and O–H groups in total. The summed E-state index contributed by atoms with van der Waals surface area (Å²) in [5.74, 6) is -0.721. The smallest absolute Gasteiger partial charge is 0.377 e. The molecule has 19 nitrogen and oxygen atoms in total. The number of phenolic OH excluding ortho intramolecular Hbond substituents is 5. The standard InChI is InChI=1S/C15H20O.C15H24.C10H12O2.C10H18O.C9H8O4.C9H8O3.C7H8O2.C6H8O6/c1-11(2)9-15(16)10-13(4)14-7-5-12(3)6-8-14;1-11-6-5-7-12(2)13-10-15(3,4)14(13)9-8-11;1-3-4-8-5-6-9(11)10(7-8)12-2;1-9(2)8-4-6-10(3,11-9)7-5-8;10-7-3-1-6(5-8(7)11)2-4-9(12)13;10-8-4-1-7(2-5-8)3-6-9(11)12;1-9-7-5-3-2-4-6(7)8;7-1-2(8)5-3(9)4(10)6(11)12-5/h5-9,13H,10H2,1-4H3;6,13-14H,2,5,7-10H2,1,3-4H3;3,5-7,11H,1,4H2,2H3;8H,4-7H2,1-3H3;1-5,10-11H,(H,12,13);1-6,10H,(H,11,12);2-5,8H,1H3;2,5,7-10H,1H2/b;11-6+;;;4-2+;6-3+;;/t13-;13-,14-;;;;;;2-,5+/m01.....0/s1. The highest BCUT2D eigenvalue weighted by Crippen LogP contribution is 2.56. The van der Waals surface area contributed by atoms with E-state index in [2.05, 4.69) is 104 Å². The first kappa shape index (κ1) is 84.7. The fourth-order valence-electron chi connectivity index (χ4n) is 11.9. The number of hydrogen-bond donors (Lipinski definition) is 11. The summed E-state index contributed by atoms with van der Waals surface area (Å²) in [4.78, 5) is 42.4. The van der Waals surface area contributed by atoms with Gasteiger partial charge in [0.05, 0.1) is 32.0 Å². The molecule has 3 aliphatic carbocycles. The number of cyclic esters (lactones) is 1. The van der Waals surface area contributed by atoms with Gasteiger partial charge >= 0.3 is 17.9 Å². The first-order valence-corrected chi connectivity index (χ1v) is 33.3. The number of hydrogen-bond acceptors (Lipinski definition) is 17. The number of aromatic hydroxyl groups is 5. The van der Waals surface area contributed by atoms with Gasteiger partial charge < -0.3 is 75.1 Å². The number of esters is 1. The Morgan fingerprint density at radius 2 is 1.28 bits per heavy atom. The van der Waals surface area contributed by atoms with Crippen molar-refractivity contribution in [3.05, 3.63) is 209 Å². The Bertz CT molecular complexity index is 3610. The molecule has 0 aromatic heterocycles. The first-order valence-electron chi connectivity index (χ1n) is 33.3. The Kier molecular flexibility index (Phi) is 34.8. The van der Waals surface area contributed by atoms with Crippen LogP contribution in [0.25, 0.3) is 12.2 Å². The van der Waals surface area contributed by atoms with Crippen molar-refractivity contribution in [3.8, 4) is 40.2 Å². The predicted molar refractivity (Wildman–Crippen MR) is 391 cm³/mol. The van der Waals surface area contributed by atoms with Crippen molar-refractivity contribution in [2.75, 3.05) is 20.8 Å². The number of ether oxygens (including phenoxy) is 4. The third-order valence-electron chi connectivity index (χ3n) is 17.6. The Labute approximate surface area is 589 Å². The van der Waals surface area contributed by atoms with E-state index in [4.69, 9.17) is 65.3 Å². The van der Waals surface area contributed by atoms with Gasteiger partial charge in [0, 0.05) is 18.6 Å². The zero-order valence-corrected chi connectivity index (χ0v) is 60.0. The number of aliphatic hydroxyl groups excluding tert-OH is 4. The van der Waals surface area contributed by atoms with Crippen molar-refractivity contribution >= 4 is 35.8 Å². The van der Waals surface area contributed by atoms with Crippen molar-refractivity contribution in [3.63, 3.8) is 0 Å². The molecule has 6 aliphatic rings. The second-order valence-electron chi connectivity index (χ2n) is 27.0. The van der Waals surface area contributed by atoms with Crippen LogP contribution in [0.4, 0.5) is 0 Å². The van der Waals surface area contributed by atoms with Gasteiger partial charge in [-0.15, -0.1) is 6.58 Å². The van der Waals surface area contributed by atoms with E-state index in [0.29, 0.717) is 34.8 Å². The zero-order chi connectivity index (χ0) is 75.1. The number of ketones is 1. The number of para-hydroxylation sites is 2. The number of carboxylic acid groups (broad SMARTS) is 2. The minimum absolute atomic E-state index is 0.158. The van der Waals surface area contributed by atoms with Crippen molar-refractivity contribution in [1.82, 2.24) is 0 Å². The highest BCUT2D eigenvalue weighted by Gasteiger charge is 2.49. The van der Waals surface area contributed by atoms with E-state index in [0.717, 1.165) is 53.0 Å². The molecular weight excluding hydrogens is 1280 g/mol. The average Bonchev–Trinajstić information content (AvgIpc) is 0.810. The maximum Gasteiger partial charge on any atom is 0.377 e. The lowest BCUT2D eigenvalue weighted by molar-refractivity contribution is -0.229. The zero-order valence-electron chi connectivity index (χ0n) is 60.0. The molecule has 3 heterocycles. The highest BCUT2D eigenvalue weighted by atomic mass is 16.6. The van der Waals surface area contributed by atoms with E-state index < -0.39 is 48.2 Å². The summed E-state index contributed by atoms with van der Waals surface area (Å²) in [7, 11) is 3.06. The monoisotopic (exact) mass is 1380 g/mol. The molecule has 2 saturated heterocycles. The molecule has 0 amide bonds. The maximum atomic E-state index is 11.6. The fraction of sp³-hybridized carbons (Fsp3) is 0.407. The van der Waals surface area contributed by atoms with Gasteiger partial charge in [-0.25, -0.2) is 14.4 Å². The second-order valence-corrected chi connectivity index (χ2v) is 27.0. The average molecular weight is 1380 g/mol. The highest BCUT2D eigenvalue weighted by molar-refractivity contribution is 5.91. The molecule has 11 rings (SSSR count). The Morgan fingerprint density at radius 1 is 0.710 bits per heavy atom. The third kappa shape index (κ3) is 29.1. The van der Waals surface area contributed by atoms with Gasteiger partial charge in [0.25, 0.3) is 0 Å². The van der Waals surface area contributed by atoms with Crippen LogP contribution in [0, 0.1) is 30.1 Å². The quantitative estimate of drug-likeness (QED) is 0.0213. The molecular formula is C81H106O19. The number of aliphatic hydroxyl groups is 4. The van der Waals surface area contributed by atoms with E-state index in [1.54, 1.807) is 60.2 Å². The van der Waals surface area contributed by atoms with E-state index in [1.165, 1.54) is 131 Å². The van der Waals surface area contributed by atoms with Crippen molar-refractivity contribution < 1.29 is 94.3 Å². The molecule has 0 radical (unpaired) electrons. The van der Waals surface area contributed by atoms with E-state index in [9.17, 15) is 24.3 Å². The van der Waals surface area contributed by atoms with Crippen LogP contribution in [-0.4, -0.2) is 124 Å². The number of phenols is 5. The normalized spacial score (nSPS) is 20.6. The number of benzene rings is 5. The lowest BCUT2D eigenvalue weighted by atomic mass is 9.52. The van der Waals surface area contributed by atoms with Crippen LogP contribution >= 0.6 is 0 Å². The largest absolute Gasteiger partial charge is 0.508 e. The van der Waals surface area contributed by atoms with Crippen LogP contribution in [-0.2, 0) is 35.1 Å². The lowest BCUT2D eigenvalue weighted by Gasteiger charge is -2.54. The number of carbonyl (C=O) groups is 4. The lowest BCUT2D eigenvalue weighted by Crippen LogP contribution is -2.53. The number of aliphatic carboxylic acids is 2. The van der Waals surface area contributed by atoms with Gasteiger partial charge in [-0.3, -0.25) is 4.79 Å². The van der Waals surface area contributed by atoms with E-state index in [-0.39, 0.29) is 45.7 Å². The molecule has 0 unspecified atom stereocenters. The Hall–Kier alpha value is -9.56. The SMILES string of the molecule is C=C1CC/C=C(\C)CC[C@@H]2[C@@H]1CC2(C)C.C=CCc1ccc(O)c(OC)c1.CC(C)=CC(=O)C[C@H](C)c1ccc(C)cc1.CC12CCC(CC1)C(C)(C)O2.COc1ccccc1O.O=C(O)/C=C/c1ccc(O)c(O)c1.O=C(O)/C=C/c1ccc(O)cc1.O=C1O[C@H]([C@@H](O)CO)C(O)=C1O. The van der Waals surface area contributed by atoms with Gasteiger partial charge in [0.1, 0.15) is 11.9 Å². The summed E-state index contributed by atoms with van der Waals surface area (Å²) in [5, 5.41) is 96.7. The molecule has 544 valence electrons. The second kappa shape index (κ2) is 41.1. The number of fused-ring (bicyclic) bond motifs is 4. The van der Waals surface area contributed by atoms with Crippen molar-refractivity contribution in [2.45, 2.75) is 169 Å². The maximum absolute atomic E-state index is 11.6. The van der Waals surface area contributed by atoms with Crippen molar-refractivity contribution in [2.24, 2.45) is 23.2 Å². The summed E-state index contributed by atoms with van der Waals surface area (Å²) in [6.45, 7) is 29.2. The minimum Gasteiger partial charge on any atom is -0.508 e. The molecule has 0 spiro atoms. The molecule has 5 atom stereocenters. The van der Waals surface area contributed by atoms with Crippen molar-refractivity contribution in [1.29, 1.82) is 0 Å². The molecule has 19 heteroatoms. The van der Waals surface area contributed by atoms with Crippen LogP contribution in [0.15, 0.2) is 181 Å².